The van der Waals surface area contributed by atoms with Gasteiger partial charge in [0.1, 0.15) is 0 Å². The van der Waals surface area contributed by atoms with Gasteiger partial charge in [-0.15, -0.1) is 0 Å². The molecule has 0 saturated heterocycles. The molecule has 0 saturated carbocycles. The van der Waals surface area contributed by atoms with Crippen molar-refractivity contribution in [2.45, 2.75) is 6.92 Å². The number of carbonyl (C=O) groups is 1. The predicted octanol–water partition coefficient (Wildman–Crippen LogP) is 2.84. The molecular formula is C8H7BrINO. The second-order valence-corrected chi connectivity index (χ2v) is 4.37. The van der Waals surface area contributed by atoms with Crippen LogP contribution in [0.1, 0.15) is 17.3 Å². The highest BCUT2D eigenvalue weighted by molar-refractivity contribution is 14.1. The first-order chi connectivity index (χ1) is 5.52. The number of hydrogen-bond acceptors (Lipinski definition) is 2. The fourth-order valence-corrected chi connectivity index (χ4v) is 1.69. The number of nitrogen functional groups attached to an aromatic ring is 1. The van der Waals surface area contributed by atoms with E-state index >= 15 is 0 Å². The molecule has 2 nitrogen and oxygen atoms in total. The molecule has 1 rings (SSSR count). The minimum absolute atomic E-state index is 0.0344. The van der Waals surface area contributed by atoms with Gasteiger partial charge in [0.15, 0.2) is 5.78 Å². The number of halogens is 2. The van der Waals surface area contributed by atoms with Crippen LogP contribution in [0.5, 0.6) is 0 Å². The van der Waals surface area contributed by atoms with Crippen LogP contribution in [0.2, 0.25) is 0 Å². The van der Waals surface area contributed by atoms with E-state index in [1.54, 1.807) is 6.07 Å². The number of anilines is 1. The van der Waals surface area contributed by atoms with Gasteiger partial charge in [0.2, 0.25) is 0 Å². The Kier molecular flexibility index (Phi) is 3.11. The normalized spacial score (nSPS) is 9.92. The van der Waals surface area contributed by atoms with Crippen molar-refractivity contribution < 1.29 is 4.79 Å². The van der Waals surface area contributed by atoms with Crippen molar-refractivity contribution in [2.75, 3.05) is 5.73 Å². The molecule has 0 heterocycles. The second kappa shape index (κ2) is 3.74. The van der Waals surface area contributed by atoms with Gasteiger partial charge < -0.3 is 5.73 Å². The van der Waals surface area contributed by atoms with Gasteiger partial charge in [-0.1, -0.05) is 0 Å². The molecule has 0 fully saturated rings. The highest BCUT2D eigenvalue weighted by Crippen LogP contribution is 2.27. The zero-order chi connectivity index (χ0) is 9.30. The smallest absolute Gasteiger partial charge is 0.159 e. The first kappa shape index (κ1) is 9.98. The average molecular weight is 340 g/mol. The lowest BCUT2D eigenvalue weighted by atomic mass is 10.1. The summed E-state index contributed by atoms with van der Waals surface area (Å²) in [6.45, 7) is 1.53. The van der Waals surface area contributed by atoms with Crippen molar-refractivity contribution in [2.24, 2.45) is 0 Å². The monoisotopic (exact) mass is 339 g/mol. The lowest BCUT2D eigenvalue weighted by molar-refractivity contribution is 0.101. The maximum absolute atomic E-state index is 11.0. The number of ketones is 1. The van der Waals surface area contributed by atoms with Crippen molar-refractivity contribution in [1.29, 1.82) is 0 Å². The van der Waals surface area contributed by atoms with Gasteiger partial charge in [0, 0.05) is 14.8 Å². The van der Waals surface area contributed by atoms with Crippen LogP contribution in [-0.2, 0) is 0 Å². The Bertz CT molecular complexity index is 315. The number of carbonyl (C=O) groups excluding carboxylic acids is 1. The van der Waals surface area contributed by atoms with Crippen LogP contribution < -0.4 is 5.73 Å². The largest absolute Gasteiger partial charge is 0.398 e. The Hall–Kier alpha value is -0.100. The minimum Gasteiger partial charge on any atom is -0.398 e. The van der Waals surface area contributed by atoms with E-state index in [0.29, 0.717) is 11.3 Å². The molecule has 0 aliphatic rings. The minimum atomic E-state index is 0.0344. The van der Waals surface area contributed by atoms with E-state index in [1.807, 2.05) is 6.07 Å². The lowest BCUT2D eigenvalue weighted by Gasteiger charge is -2.03. The van der Waals surface area contributed by atoms with Crippen LogP contribution in [0.4, 0.5) is 5.69 Å². The average Bonchev–Trinajstić information content (AvgIpc) is 1.99. The first-order valence-electron chi connectivity index (χ1n) is 3.28. The molecule has 1 aromatic carbocycles. The predicted molar refractivity (Wildman–Crippen MR) is 61.3 cm³/mol. The summed E-state index contributed by atoms with van der Waals surface area (Å²) in [5.74, 6) is 0.0344. The summed E-state index contributed by atoms with van der Waals surface area (Å²) in [6, 6.07) is 3.48. The molecule has 0 aromatic heterocycles. The number of nitrogens with two attached hydrogens (primary N) is 1. The van der Waals surface area contributed by atoms with Crippen LogP contribution in [0.15, 0.2) is 16.6 Å². The van der Waals surface area contributed by atoms with Crippen molar-refractivity contribution in [3.8, 4) is 0 Å². The number of benzene rings is 1. The zero-order valence-electron chi connectivity index (χ0n) is 6.40. The first-order valence-corrected chi connectivity index (χ1v) is 5.15. The molecule has 12 heavy (non-hydrogen) atoms. The molecule has 0 unspecified atom stereocenters. The van der Waals surface area contributed by atoms with Crippen LogP contribution in [0.3, 0.4) is 0 Å². The van der Waals surface area contributed by atoms with Crippen molar-refractivity contribution >= 4 is 50.0 Å². The van der Waals surface area contributed by atoms with Gasteiger partial charge in [0.25, 0.3) is 0 Å². The molecule has 0 aliphatic carbocycles. The number of Topliss-reactive ketones (excluding diaryl/α,β-unsaturated/α-hetero) is 1. The van der Waals surface area contributed by atoms with Crippen LogP contribution in [0.25, 0.3) is 0 Å². The van der Waals surface area contributed by atoms with Gasteiger partial charge >= 0.3 is 0 Å². The van der Waals surface area contributed by atoms with Crippen LogP contribution >= 0.6 is 38.5 Å². The van der Waals surface area contributed by atoms with E-state index in [0.717, 1.165) is 8.04 Å². The summed E-state index contributed by atoms with van der Waals surface area (Å²) < 4.78 is 1.81. The van der Waals surface area contributed by atoms with E-state index in [-0.39, 0.29) is 5.78 Å². The Morgan fingerprint density at radius 2 is 2.17 bits per heavy atom. The molecule has 1 aromatic rings. The number of hydrogen-bond donors (Lipinski definition) is 1. The van der Waals surface area contributed by atoms with Crippen molar-refractivity contribution in [1.82, 2.24) is 0 Å². The van der Waals surface area contributed by atoms with Gasteiger partial charge in [0.05, 0.1) is 4.47 Å². The molecule has 0 amide bonds. The molecule has 0 atom stereocenters. The third-order valence-electron chi connectivity index (χ3n) is 1.46. The van der Waals surface area contributed by atoms with Gasteiger partial charge in [-0.3, -0.25) is 4.79 Å². The van der Waals surface area contributed by atoms with E-state index < -0.39 is 0 Å². The van der Waals surface area contributed by atoms with E-state index in [2.05, 4.69) is 38.5 Å². The standard InChI is InChI=1S/C8H7BrINO/c1-4(12)5-2-6(10)8(9)7(11)3-5/h2-3H,11H2,1H3. The second-order valence-electron chi connectivity index (χ2n) is 2.42. The molecule has 0 aliphatic heterocycles. The fourth-order valence-electron chi connectivity index (χ4n) is 0.814. The summed E-state index contributed by atoms with van der Waals surface area (Å²) >= 11 is 5.45. The topological polar surface area (TPSA) is 43.1 Å². The lowest BCUT2D eigenvalue weighted by Crippen LogP contribution is -1.97. The molecule has 0 spiro atoms. The fraction of sp³-hybridized carbons (Fsp3) is 0.125. The van der Waals surface area contributed by atoms with E-state index in [9.17, 15) is 4.79 Å². The Morgan fingerprint density at radius 1 is 1.58 bits per heavy atom. The Morgan fingerprint density at radius 3 is 2.58 bits per heavy atom. The molecular weight excluding hydrogens is 333 g/mol. The molecule has 4 heteroatoms. The molecule has 64 valence electrons. The SMILES string of the molecule is CC(=O)c1cc(N)c(Br)c(I)c1. The van der Waals surface area contributed by atoms with E-state index in [4.69, 9.17) is 5.73 Å². The van der Waals surface area contributed by atoms with Crippen molar-refractivity contribution in [3.63, 3.8) is 0 Å². The maximum atomic E-state index is 11.0. The highest BCUT2D eigenvalue weighted by atomic mass is 127. The molecule has 0 bridgehead atoms. The van der Waals surface area contributed by atoms with Crippen LogP contribution in [0, 0.1) is 3.57 Å². The summed E-state index contributed by atoms with van der Waals surface area (Å²) in [5, 5.41) is 0. The highest BCUT2D eigenvalue weighted by Gasteiger charge is 2.06. The molecule has 0 radical (unpaired) electrons. The van der Waals surface area contributed by atoms with Crippen molar-refractivity contribution in [3.05, 3.63) is 25.7 Å². The third kappa shape index (κ3) is 1.98. The Labute approximate surface area is 92.8 Å². The quantitative estimate of drug-likeness (QED) is 0.485. The summed E-state index contributed by atoms with van der Waals surface area (Å²) in [5.41, 5.74) is 6.91. The Balaban J connectivity index is 3.31. The number of rotatable bonds is 1. The third-order valence-corrected chi connectivity index (χ3v) is 3.94. The summed E-state index contributed by atoms with van der Waals surface area (Å²) in [4.78, 5) is 11.0. The summed E-state index contributed by atoms with van der Waals surface area (Å²) in [7, 11) is 0. The molecule has 2 N–H and O–H groups in total. The van der Waals surface area contributed by atoms with E-state index in [1.165, 1.54) is 6.92 Å². The summed E-state index contributed by atoms with van der Waals surface area (Å²) in [6.07, 6.45) is 0. The van der Waals surface area contributed by atoms with Gasteiger partial charge in [-0.25, -0.2) is 0 Å². The van der Waals surface area contributed by atoms with Crippen LogP contribution in [-0.4, -0.2) is 5.78 Å². The van der Waals surface area contributed by atoms with Gasteiger partial charge in [-0.05, 0) is 57.6 Å². The van der Waals surface area contributed by atoms with Gasteiger partial charge in [-0.2, -0.15) is 0 Å². The zero-order valence-corrected chi connectivity index (χ0v) is 10.1. The maximum Gasteiger partial charge on any atom is 0.159 e.